The van der Waals surface area contributed by atoms with E-state index in [9.17, 15) is 13.5 Å². The number of methoxy groups -OCH3 is 1. The molecule has 2 aromatic rings. The average molecular weight is 399 g/mol. The number of ether oxygens (including phenoxy) is 2. The molecule has 26 heavy (non-hydrogen) atoms. The molecule has 2 rings (SSSR count). The van der Waals surface area contributed by atoms with Crippen molar-refractivity contribution < 1.29 is 23.0 Å². The Labute approximate surface area is 157 Å². The molecular formula is C17H19ClN2O5S. The summed E-state index contributed by atoms with van der Waals surface area (Å²) in [6.07, 6.45) is 1.18. The van der Waals surface area contributed by atoms with Crippen LogP contribution in [0.2, 0.25) is 5.02 Å². The predicted octanol–water partition coefficient (Wildman–Crippen LogP) is 3.15. The maximum absolute atomic E-state index is 12.2. The molecule has 0 bridgehead atoms. The fraction of sp³-hybridized carbons (Fsp3) is 0.235. The third-order valence-corrected chi connectivity index (χ3v) is 4.85. The second kappa shape index (κ2) is 8.29. The highest BCUT2D eigenvalue weighted by Gasteiger charge is 2.14. The van der Waals surface area contributed by atoms with E-state index in [2.05, 4.69) is 9.93 Å². The van der Waals surface area contributed by atoms with Crippen LogP contribution in [0.4, 0.5) is 0 Å². The van der Waals surface area contributed by atoms with Gasteiger partial charge in [0.2, 0.25) is 0 Å². The van der Waals surface area contributed by atoms with Crippen molar-refractivity contribution in [3.8, 4) is 17.2 Å². The summed E-state index contributed by atoms with van der Waals surface area (Å²) in [5, 5.41) is 13.5. The lowest BCUT2D eigenvalue weighted by molar-refractivity contribution is 0.242. The van der Waals surface area contributed by atoms with Crippen LogP contribution in [0.25, 0.3) is 0 Å². The van der Waals surface area contributed by atoms with E-state index in [4.69, 9.17) is 21.1 Å². The number of sulfonamides is 1. The quantitative estimate of drug-likeness (QED) is 0.551. The van der Waals surface area contributed by atoms with Crippen LogP contribution in [0.5, 0.6) is 17.2 Å². The first kappa shape index (κ1) is 19.9. The topological polar surface area (TPSA) is 97.2 Å². The molecule has 0 amide bonds. The number of halogens is 1. The molecule has 0 heterocycles. The van der Waals surface area contributed by atoms with Gasteiger partial charge in [-0.05, 0) is 50.2 Å². The van der Waals surface area contributed by atoms with Crippen LogP contribution in [-0.4, -0.2) is 33.0 Å². The van der Waals surface area contributed by atoms with Crippen LogP contribution in [0, 0.1) is 0 Å². The normalized spacial score (nSPS) is 11.7. The summed E-state index contributed by atoms with van der Waals surface area (Å²) >= 11 is 5.99. The van der Waals surface area contributed by atoms with Crippen LogP contribution in [0.1, 0.15) is 19.4 Å². The molecule has 0 aliphatic rings. The predicted molar refractivity (Wildman–Crippen MR) is 99.8 cm³/mol. The van der Waals surface area contributed by atoms with E-state index >= 15 is 0 Å². The van der Waals surface area contributed by atoms with Crippen molar-refractivity contribution in [1.82, 2.24) is 4.83 Å². The number of hydrogen-bond acceptors (Lipinski definition) is 6. The van der Waals surface area contributed by atoms with Crippen molar-refractivity contribution in [1.29, 1.82) is 0 Å². The molecule has 0 saturated heterocycles. The van der Waals surface area contributed by atoms with E-state index < -0.39 is 10.0 Å². The number of nitrogens with one attached hydrogen (secondary N) is 1. The van der Waals surface area contributed by atoms with Crippen LogP contribution in [-0.2, 0) is 10.0 Å². The van der Waals surface area contributed by atoms with Gasteiger partial charge in [0.05, 0.1) is 29.3 Å². The fourth-order valence-electron chi connectivity index (χ4n) is 2.01. The molecule has 0 fully saturated rings. The van der Waals surface area contributed by atoms with Gasteiger partial charge in [-0.25, -0.2) is 4.83 Å². The van der Waals surface area contributed by atoms with Gasteiger partial charge in [0, 0.05) is 5.56 Å². The third kappa shape index (κ3) is 4.80. The first-order valence-electron chi connectivity index (χ1n) is 7.61. The molecule has 0 radical (unpaired) electrons. The van der Waals surface area contributed by atoms with Crippen LogP contribution in [0.15, 0.2) is 46.4 Å². The van der Waals surface area contributed by atoms with E-state index in [0.717, 1.165) is 0 Å². The summed E-state index contributed by atoms with van der Waals surface area (Å²) in [6.45, 7) is 3.76. The van der Waals surface area contributed by atoms with Crippen molar-refractivity contribution >= 4 is 27.8 Å². The van der Waals surface area contributed by atoms with E-state index in [1.807, 2.05) is 13.8 Å². The molecule has 0 unspecified atom stereocenters. The Morgan fingerprint density at radius 1 is 1.19 bits per heavy atom. The van der Waals surface area contributed by atoms with E-state index in [1.54, 1.807) is 12.1 Å². The second-order valence-electron chi connectivity index (χ2n) is 5.51. The van der Waals surface area contributed by atoms with Crippen LogP contribution in [0.3, 0.4) is 0 Å². The molecule has 2 aromatic carbocycles. The monoisotopic (exact) mass is 398 g/mol. The van der Waals surface area contributed by atoms with Gasteiger partial charge in [0.1, 0.15) is 5.75 Å². The number of rotatable bonds is 7. The second-order valence-corrected chi connectivity index (χ2v) is 7.55. The minimum absolute atomic E-state index is 0.00230. The lowest BCUT2D eigenvalue weighted by Gasteiger charge is -2.10. The zero-order valence-corrected chi connectivity index (χ0v) is 16.0. The summed E-state index contributed by atoms with van der Waals surface area (Å²) in [4.78, 5) is 2.13. The van der Waals surface area contributed by atoms with Gasteiger partial charge >= 0.3 is 0 Å². The maximum Gasteiger partial charge on any atom is 0.276 e. The van der Waals surface area contributed by atoms with Crippen molar-refractivity contribution in [2.45, 2.75) is 24.8 Å². The van der Waals surface area contributed by atoms with E-state index in [1.165, 1.54) is 37.6 Å². The molecule has 0 spiro atoms. The number of phenols is 1. The van der Waals surface area contributed by atoms with Crippen LogP contribution < -0.4 is 14.3 Å². The Balaban J connectivity index is 2.13. The zero-order valence-electron chi connectivity index (χ0n) is 14.4. The Morgan fingerprint density at radius 3 is 2.42 bits per heavy atom. The summed E-state index contributed by atoms with van der Waals surface area (Å²) in [6, 6.07) is 9.00. The standard InChI is InChI=1S/C17H19ClN2O5S/c1-11(2)25-13-5-7-14(8-6-13)26(22,23)20-19-10-12-4-9-15(24-3)17(21)16(12)18/h4-11,20-21H,1-3H3/b19-10+. The zero-order chi connectivity index (χ0) is 19.3. The fourth-order valence-corrected chi connectivity index (χ4v) is 3.01. The summed E-state index contributed by atoms with van der Waals surface area (Å²) < 4.78 is 34.9. The molecule has 140 valence electrons. The first-order chi connectivity index (χ1) is 12.2. The molecule has 7 nitrogen and oxygen atoms in total. The minimum Gasteiger partial charge on any atom is -0.503 e. The Kier molecular flexibility index (Phi) is 6.33. The highest BCUT2D eigenvalue weighted by atomic mass is 35.5. The largest absolute Gasteiger partial charge is 0.503 e. The van der Waals surface area contributed by atoms with Gasteiger partial charge < -0.3 is 14.6 Å². The van der Waals surface area contributed by atoms with Gasteiger partial charge in [-0.2, -0.15) is 13.5 Å². The first-order valence-corrected chi connectivity index (χ1v) is 9.47. The number of benzene rings is 2. The number of hydrazone groups is 1. The molecule has 2 N–H and O–H groups in total. The number of hydrogen-bond donors (Lipinski definition) is 2. The SMILES string of the molecule is COc1ccc(/C=N/NS(=O)(=O)c2ccc(OC(C)C)cc2)c(Cl)c1O. The number of nitrogens with zero attached hydrogens (tertiary/aromatic N) is 1. The lowest BCUT2D eigenvalue weighted by Crippen LogP contribution is -2.18. The van der Waals surface area contributed by atoms with Crippen molar-refractivity contribution in [2.75, 3.05) is 7.11 Å². The van der Waals surface area contributed by atoms with Crippen molar-refractivity contribution in [3.63, 3.8) is 0 Å². The van der Waals surface area contributed by atoms with Gasteiger partial charge in [0.25, 0.3) is 10.0 Å². The molecule has 0 aliphatic heterocycles. The summed E-state index contributed by atoms with van der Waals surface area (Å²) in [7, 11) is -2.45. The molecule has 0 atom stereocenters. The minimum atomic E-state index is -3.85. The third-order valence-electron chi connectivity index (χ3n) is 3.21. The average Bonchev–Trinajstić information content (AvgIpc) is 2.58. The number of phenolic OH excluding ortho intramolecular Hbond substituents is 1. The Bertz CT molecular complexity index is 896. The van der Waals surface area contributed by atoms with E-state index in [0.29, 0.717) is 11.3 Å². The molecule has 9 heteroatoms. The Morgan fingerprint density at radius 2 is 1.85 bits per heavy atom. The highest BCUT2D eigenvalue weighted by molar-refractivity contribution is 7.89. The van der Waals surface area contributed by atoms with Gasteiger partial charge in [-0.15, -0.1) is 0 Å². The van der Waals surface area contributed by atoms with E-state index in [-0.39, 0.29) is 27.5 Å². The van der Waals surface area contributed by atoms with Gasteiger partial charge in [0.15, 0.2) is 11.5 Å². The maximum atomic E-state index is 12.2. The molecule has 0 aromatic heterocycles. The van der Waals surface area contributed by atoms with Crippen molar-refractivity contribution in [3.05, 3.63) is 47.0 Å². The smallest absolute Gasteiger partial charge is 0.276 e. The summed E-state index contributed by atoms with van der Waals surface area (Å²) in [5.41, 5.74) is 0.327. The summed E-state index contributed by atoms with van der Waals surface area (Å²) in [5.74, 6) is 0.529. The van der Waals surface area contributed by atoms with Gasteiger partial charge in [-0.3, -0.25) is 0 Å². The molecular weight excluding hydrogens is 380 g/mol. The lowest BCUT2D eigenvalue weighted by atomic mass is 10.2. The highest BCUT2D eigenvalue weighted by Crippen LogP contribution is 2.35. The number of aromatic hydroxyl groups is 1. The molecule has 0 saturated carbocycles. The van der Waals surface area contributed by atoms with Gasteiger partial charge in [-0.1, -0.05) is 11.6 Å². The van der Waals surface area contributed by atoms with Crippen LogP contribution >= 0.6 is 11.6 Å². The Hall–Kier alpha value is -2.45. The van der Waals surface area contributed by atoms with Crippen molar-refractivity contribution in [2.24, 2.45) is 5.10 Å². The molecule has 0 aliphatic carbocycles.